The number of nitrogens with zero attached hydrogens (tertiary/aromatic N) is 3. The summed E-state index contributed by atoms with van der Waals surface area (Å²) in [6, 6.07) is 5.03. The summed E-state index contributed by atoms with van der Waals surface area (Å²) >= 11 is 1.11. The van der Waals surface area contributed by atoms with E-state index < -0.39 is 10.0 Å². The normalized spacial score (nSPS) is 11.4. The van der Waals surface area contributed by atoms with Crippen LogP contribution in [0, 0.1) is 6.92 Å². The molecule has 0 spiro atoms. The fourth-order valence-electron chi connectivity index (χ4n) is 1.96. The second-order valence-corrected chi connectivity index (χ2v) is 8.80. The van der Waals surface area contributed by atoms with Gasteiger partial charge < -0.3 is 10.2 Å². The molecule has 0 radical (unpaired) electrons. The fourth-order valence-corrected chi connectivity index (χ4v) is 4.28. The molecule has 0 unspecified atom stereocenters. The molecule has 0 aliphatic carbocycles. The van der Waals surface area contributed by atoms with E-state index in [9.17, 15) is 13.2 Å². The minimum atomic E-state index is -3.66. The van der Waals surface area contributed by atoms with Crippen LogP contribution in [0.1, 0.15) is 23.3 Å². The topological polar surface area (TPSA) is 104 Å². The molecule has 0 saturated carbocycles. The maximum Gasteiger partial charge on any atom is 0.250 e. The van der Waals surface area contributed by atoms with Crippen molar-refractivity contribution in [1.82, 2.24) is 20.0 Å². The standard InChI is InChI=1S/C15H21N5O3S2/c1-10-7-14(20(3)4)19-13(18-10)9-17-25(22,23)15-6-5-12(24-15)8-16-11(2)21/h5-7,17H,8-9H2,1-4H3,(H,16,21). The average molecular weight is 383 g/mol. The lowest BCUT2D eigenvalue weighted by molar-refractivity contribution is -0.119. The van der Waals surface area contributed by atoms with Crippen LogP contribution in [-0.2, 0) is 27.9 Å². The van der Waals surface area contributed by atoms with Crippen LogP contribution < -0.4 is 14.9 Å². The molecule has 0 bridgehead atoms. The molecular formula is C15H21N5O3S2. The number of hydrogen-bond acceptors (Lipinski definition) is 7. The molecule has 1 amide bonds. The van der Waals surface area contributed by atoms with E-state index >= 15 is 0 Å². The van der Waals surface area contributed by atoms with Crippen molar-refractivity contribution in [3.63, 3.8) is 0 Å². The van der Waals surface area contributed by atoms with Gasteiger partial charge in [-0.1, -0.05) is 0 Å². The van der Waals surface area contributed by atoms with Gasteiger partial charge in [-0.2, -0.15) is 0 Å². The zero-order valence-electron chi connectivity index (χ0n) is 14.5. The van der Waals surface area contributed by atoms with Crippen LogP contribution in [0.5, 0.6) is 0 Å². The van der Waals surface area contributed by atoms with E-state index in [4.69, 9.17) is 0 Å². The van der Waals surface area contributed by atoms with Gasteiger partial charge >= 0.3 is 0 Å². The van der Waals surface area contributed by atoms with E-state index in [1.165, 1.54) is 13.0 Å². The highest BCUT2D eigenvalue weighted by Crippen LogP contribution is 2.21. The van der Waals surface area contributed by atoms with E-state index in [2.05, 4.69) is 20.0 Å². The highest BCUT2D eigenvalue weighted by molar-refractivity contribution is 7.91. The predicted molar refractivity (Wildman–Crippen MR) is 97.0 cm³/mol. The van der Waals surface area contributed by atoms with Crippen LogP contribution in [0.3, 0.4) is 0 Å². The van der Waals surface area contributed by atoms with E-state index in [1.54, 1.807) is 6.07 Å². The van der Waals surface area contributed by atoms with Crippen molar-refractivity contribution in [1.29, 1.82) is 0 Å². The summed E-state index contributed by atoms with van der Waals surface area (Å²) in [5.74, 6) is 0.960. The van der Waals surface area contributed by atoms with Gasteiger partial charge in [0.05, 0.1) is 13.1 Å². The van der Waals surface area contributed by atoms with Crippen molar-refractivity contribution >= 4 is 33.1 Å². The second-order valence-electron chi connectivity index (χ2n) is 5.63. The van der Waals surface area contributed by atoms with Crippen LogP contribution in [-0.4, -0.2) is 38.4 Å². The first-order valence-corrected chi connectivity index (χ1v) is 9.82. The van der Waals surface area contributed by atoms with Gasteiger partial charge in [0.15, 0.2) is 0 Å². The fraction of sp³-hybridized carbons (Fsp3) is 0.400. The number of aryl methyl sites for hydroxylation is 1. The van der Waals surface area contributed by atoms with Crippen molar-refractivity contribution in [3.8, 4) is 0 Å². The molecule has 0 atom stereocenters. The minimum absolute atomic E-state index is 0.00375. The Morgan fingerprint density at radius 1 is 1.24 bits per heavy atom. The molecule has 0 aromatic carbocycles. The molecular weight excluding hydrogens is 362 g/mol. The van der Waals surface area contributed by atoms with Crippen molar-refractivity contribution in [3.05, 3.63) is 34.6 Å². The van der Waals surface area contributed by atoms with E-state index in [0.717, 1.165) is 27.7 Å². The number of hydrogen-bond donors (Lipinski definition) is 2. The predicted octanol–water partition coefficient (Wildman–Crippen LogP) is 1.03. The lowest BCUT2D eigenvalue weighted by Gasteiger charge is -2.13. The largest absolute Gasteiger partial charge is 0.363 e. The zero-order valence-corrected chi connectivity index (χ0v) is 16.2. The summed E-state index contributed by atoms with van der Waals surface area (Å²) in [6.45, 7) is 3.56. The van der Waals surface area contributed by atoms with E-state index in [1.807, 2.05) is 32.0 Å². The molecule has 2 aromatic heterocycles. The molecule has 2 rings (SSSR count). The van der Waals surface area contributed by atoms with Crippen molar-refractivity contribution in [2.75, 3.05) is 19.0 Å². The second kappa shape index (κ2) is 7.89. The molecule has 2 N–H and O–H groups in total. The van der Waals surface area contributed by atoms with Crippen LogP contribution in [0.25, 0.3) is 0 Å². The smallest absolute Gasteiger partial charge is 0.250 e. The molecule has 0 fully saturated rings. The van der Waals surface area contributed by atoms with Crippen LogP contribution in [0.15, 0.2) is 22.4 Å². The third kappa shape index (κ3) is 5.48. The first kappa shape index (κ1) is 19.3. The first-order valence-electron chi connectivity index (χ1n) is 7.52. The Labute approximate surface area is 151 Å². The summed E-state index contributed by atoms with van der Waals surface area (Å²) in [5, 5.41) is 2.64. The van der Waals surface area contributed by atoms with E-state index in [-0.39, 0.29) is 16.7 Å². The molecule has 0 aliphatic rings. The number of rotatable bonds is 7. The molecule has 0 saturated heterocycles. The van der Waals surface area contributed by atoms with Gasteiger partial charge in [0.1, 0.15) is 15.9 Å². The number of nitrogens with one attached hydrogen (secondary N) is 2. The molecule has 0 aliphatic heterocycles. The Hall–Kier alpha value is -2.04. The summed E-state index contributed by atoms with van der Waals surface area (Å²) in [4.78, 5) is 22.1. The summed E-state index contributed by atoms with van der Waals surface area (Å²) in [7, 11) is 0.0583. The number of amides is 1. The van der Waals surface area contributed by atoms with E-state index in [0.29, 0.717) is 12.4 Å². The van der Waals surface area contributed by atoms with Gasteiger partial charge in [-0.3, -0.25) is 4.79 Å². The van der Waals surface area contributed by atoms with Crippen molar-refractivity contribution in [2.45, 2.75) is 31.1 Å². The Bertz CT molecular complexity index is 862. The number of anilines is 1. The molecule has 2 heterocycles. The summed E-state index contributed by atoms with van der Waals surface area (Å²) < 4.78 is 27.5. The number of thiophene rings is 1. The number of carbonyl (C=O) groups is 1. The van der Waals surface area contributed by atoms with Gasteiger partial charge in [0, 0.05) is 37.7 Å². The number of carbonyl (C=O) groups excluding carboxylic acids is 1. The van der Waals surface area contributed by atoms with Gasteiger partial charge in [0.25, 0.3) is 0 Å². The SMILES string of the molecule is CC(=O)NCc1ccc(S(=O)(=O)NCc2nc(C)cc(N(C)C)n2)s1. The Kier molecular flexibility index (Phi) is 6.09. The third-order valence-corrected chi connectivity index (χ3v) is 6.16. The quantitative estimate of drug-likeness (QED) is 0.740. The van der Waals surface area contributed by atoms with Crippen LogP contribution in [0.4, 0.5) is 5.82 Å². The van der Waals surface area contributed by atoms with Gasteiger partial charge in [0.2, 0.25) is 15.9 Å². The minimum Gasteiger partial charge on any atom is -0.363 e. The Balaban J connectivity index is 2.08. The zero-order chi connectivity index (χ0) is 18.6. The number of aromatic nitrogens is 2. The maximum absolute atomic E-state index is 12.4. The molecule has 136 valence electrons. The van der Waals surface area contributed by atoms with Crippen molar-refractivity contribution < 1.29 is 13.2 Å². The molecule has 25 heavy (non-hydrogen) atoms. The first-order chi connectivity index (χ1) is 11.7. The Morgan fingerprint density at radius 3 is 2.60 bits per heavy atom. The molecule has 10 heteroatoms. The molecule has 8 nitrogen and oxygen atoms in total. The number of sulfonamides is 1. The average Bonchev–Trinajstić information content (AvgIpc) is 3.00. The Morgan fingerprint density at radius 2 is 1.96 bits per heavy atom. The van der Waals surface area contributed by atoms with Gasteiger partial charge in [-0.05, 0) is 19.1 Å². The monoisotopic (exact) mass is 383 g/mol. The van der Waals surface area contributed by atoms with Crippen molar-refractivity contribution in [2.24, 2.45) is 0 Å². The van der Waals surface area contributed by atoms with Crippen LogP contribution >= 0.6 is 11.3 Å². The van der Waals surface area contributed by atoms with Gasteiger partial charge in [-0.25, -0.2) is 23.1 Å². The lowest BCUT2D eigenvalue weighted by atomic mass is 10.4. The highest BCUT2D eigenvalue weighted by atomic mass is 32.2. The summed E-state index contributed by atoms with van der Waals surface area (Å²) in [6.07, 6.45) is 0. The summed E-state index contributed by atoms with van der Waals surface area (Å²) in [5.41, 5.74) is 0.765. The lowest BCUT2D eigenvalue weighted by Crippen LogP contribution is -2.24. The van der Waals surface area contributed by atoms with Crippen LogP contribution in [0.2, 0.25) is 0 Å². The van der Waals surface area contributed by atoms with Gasteiger partial charge in [-0.15, -0.1) is 11.3 Å². The molecule has 2 aromatic rings. The third-order valence-electron chi connectivity index (χ3n) is 3.18. The maximum atomic E-state index is 12.4. The highest BCUT2D eigenvalue weighted by Gasteiger charge is 2.17.